The van der Waals surface area contributed by atoms with Crippen LogP contribution in [0.4, 0.5) is 4.39 Å². The zero-order valence-electron chi connectivity index (χ0n) is 18.0. The lowest BCUT2D eigenvalue weighted by Gasteiger charge is -2.29. The third-order valence-electron chi connectivity index (χ3n) is 6.69. The van der Waals surface area contributed by atoms with E-state index >= 15 is 4.39 Å². The number of nitrogens with zero attached hydrogens (tertiary/aromatic N) is 2. The van der Waals surface area contributed by atoms with E-state index < -0.39 is 50.0 Å². The molecule has 3 aliphatic heterocycles. The van der Waals surface area contributed by atoms with E-state index in [1.165, 1.54) is 12.3 Å². The van der Waals surface area contributed by atoms with Gasteiger partial charge >= 0.3 is 5.69 Å². The van der Waals surface area contributed by atoms with Gasteiger partial charge in [0.25, 0.3) is 14.1 Å². The summed E-state index contributed by atoms with van der Waals surface area (Å²) in [5.74, 6) is 0. The molecule has 32 heavy (non-hydrogen) atoms. The van der Waals surface area contributed by atoms with Gasteiger partial charge < -0.3 is 13.8 Å². The van der Waals surface area contributed by atoms with Crippen LogP contribution in [0.2, 0.25) is 0 Å². The van der Waals surface area contributed by atoms with Crippen molar-refractivity contribution in [1.82, 2.24) is 14.2 Å². The SMILES string of the molecule is CC[C@H]1O[C@@H](n2ccc(=O)[nH]c2=O)C(F)[C@H]1O[P@@]1O[C@](C)(c2ccccc2)[C@@H]2CCCN21. The summed E-state index contributed by atoms with van der Waals surface area (Å²) in [4.78, 5) is 25.7. The standard InChI is InChI=1S/C22H27FN3O5P/c1-3-15-19(18(23)20(29-15)25-13-11-17(27)24-21(25)28)30-32-26-12-7-10-16(26)22(2,31-32)14-8-5-4-6-9-14/h4-6,8-9,11,13,15-16,18-20H,3,7,10,12H2,1-2H3,(H,24,27,28)/t15-,16+,18?,19+,20-,22-,32+/m1/s1. The number of aromatic nitrogens is 2. The van der Waals surface area contributed by atoms with E-state index in [-0.39, 0.29) is 6.04 Å². The third-order valence-corrected chi connectivity index (χ3v) is 8.55. The van der Waals surface area contributed by atoms with Gasteiger partial charge in [0, 0.05) is 18.8 Å². The fourth-order valence-electron chi connectivity index (χ4n) is 4.98. The molecule has 0 amide bonds. The molecule has 1 N–H and O–H groups in total. The van der Waals surface area contributed by atoms with Crippen molar-refractivity contribution in [2.24, 2.45) is 0 Å². The Morgan fingerprint density at radius 1 is 1.28 bits per heavy atom. The molecule has 1 aromatic heterocycles. The zero-order chi connectivity index (χ0) is 22.5. The highest BCUT2D eigenvalue weighted by atomic mass is 31.2. The second kappa shape index (κ2) is 8.47. The summed E-state index contributed by atoms with van der Waals surface area (Å²) >= 11 is 0. The average Bonchev–Trinajstić information content (AvgIpc) is 3.46. The van der Waals surface area contributed by atoms with Gasteiger partial charge in [-0.15, -0.1) is 0 Å². The van der Waals surface area contributed by atoms with E-state index in [1.54, 1.807) is 0 Å². The molecule has 3 fully saturated rings. The number of hydrogen-bond acceptors (Lipinski definition) is 6. The molecule has 2 aromatic rings. The Kier molecular flexibility index (Phi) is 5.80. The van der Waals surface area contributed by atoms with Crippen LogP contribution in [0.15, 0.2) is 52.2 Å². The van der Waals surface area contributed by atoms with E-state index in [2.05, 4.69) is 28.7 Å². The summed E-state index contributed by atoms with van der Waals surface area (Å²) in [6.45, 7) is 4.80. The normalized spacial score (nSPS) is 37.1. The molecule has 10 heteroatoms. The van der Waals surface area contributed by atoms with Crippen LogP contribution in [-0.4, -0.2) is 45.2 Å². The van der Waals surface area contributed by atoms with Gasteiger partial charge in [-0.25, -0.2) is 13.9 Å². The topological polar surface area (TPSA) is 85.8 Å². The Hall–Kier alpha value is -1.90. The average molecular weight is 463 g/mol. The van der Waals surface area contributed by atoms with Gasteiger partial charge in [-0.3, -0.25) is 14.3 Å². The number of nitrogens with one attached hydrogen (secondary N) is 1. The molecule has 5 rings (SSSR count). The molecule has 172 valence electrons. The molecule has 0 radical (unpaired) electrons. The first-order valence-corrected chi connectivity index (χ1v) is 12.1. The van der Waals surface area contributed by atoms with Crippen molar-refractivity contribution in [3.63, 3.8) is 0 Å². The highest BCUT2D eigenvalue weighted by Gasteiger charge is 2.57. The van der Waals surface area contributed by atoms with Gasteiger partial charge in [0.2, 0.25) is 0 Å². The molecule has 1 aromatic carbocycles. The highest BCUT2D eigenvalue weighted by Crippen LogP contribution is 2.64. The number of benzene rings is 1. The fraction of sp³-hybridized carbons (Fsp3) is 0.545. The molecule has 0 aliphatic carbocycles. The Morgan fingerprint density at radius 3 is 2.78 bits per heavy atom. The number of H-pyrrole nitrogens is 1. The summed E-state index contributed by atoms with van der Waals surface area (Å²) in [6.07, 6.45) is -0.373. The first-order valence-electron chi connectivity index (χ1n) is 11.0. The Morgan fingerprint density at radius 2 is 2.06 bits per heavy atom. The molecule has 0 spiro atoms. The van der Waals surface area contributed by atoms with Crippen molar-refractivity contribution < 1.29 is 18.2 Å². The minimum Gasteiger partial charge on any atom is -0.349 e. The van der Waals surface area contributed by atoms with Gasteiger partial charge in [0.1, 0.15) is 11.7 Å². The maximum absolute atomic E-state index is 15.6. The number of alkyl halides is 1. The number of hydrogen-bond donors (Lipinski definition) is 1. The van der Waals surface area contributed by atoms with Crippen LogP contribution in [0.5, 0.6) is 0 Å². The summed E-state index contributed by atoms with van der Waals surface area (Å²) < 4.78 is 37.6. The summed E-state index contributed by atoms with van der Waals surface area (Å²) in [5.41, 5.74) is -0.705. The van der Waals surface area contributed by atoms with Gasteiger partial charge in [-0.1, -0.05) is 37.3 Å². The van der Waals surface area contributed by atoms with Gasteiger partial charge in [-0.2, -0.15) is 0 Å². The smallest absolute Gasteiger partial charge is 0.330 e. The number of rotatable bonds is 5. The zero-order valence-corrected chi connectivity index (χ0v) is 18.9. The van der Waals surface area contributed by atoms with Gasteiger partial charge in [0.05, 0.1) is 12.1 Å². The molecule has 0 saturated carbocycles. The van der Waals surface area contributed by atoms with Crippen LogP contribution in [0.1, 0.15) is 44.9 Å². The number of ether oxygens (including phenoxy) is 1. The largest absolute Gasteiger partial charge is 0.349 e. The molecule has 7 atom stereocenters. The third kappa shape index (κ3) is 3.56. The predicted molar refractivity (Wildman–Crippen MR) is 117 cm³/mol. The van der Waals surface area contributed by atoms with Crippen LogP contribution in [0.25, 0.3) is 0 Å². The molecule has 8 nitrogen and oxygen atoms in total. The summed E-state index contributed by atoms with van der Waals surface area (Å²) in [6, 6.07) is 11.4. The van der Waals surface area contributed by atoms with E-state index in [1.807, 2.05) is 25.1 Å². The number of fused-ring (bicyclic) bond motifs is 1. The molecule has 4 heterocycles. The lowest BCUT2D eigenvalue weighted by molar-refractivity contribution is -0.0272. The Balaban J connectivity index is 1.40. The van der Waals surface area contributed by atoms with Gasteiger partial charge in [-0.05, 0) is 31.7 Å². The molecular formula is C22H27FN3O5P. The lowest BCUT2D eigenvalue weighted by Crippen LogP contribution is -2.37. The number of halogens is 1. The van der Waals surface area contributed by atoms with Crippen molar-refractivity contribution in [3.05, 3.63) is 69.0 Å². The molecule has 0 bridgehead atoms. The second-order valence-corrected chi connectivity index (χ2v) is 10.0. The monoisotopic (exact) mass is 463 g/mol. The van der Waals surface area contributed by atoms with Crippen molar-refractivity contribution in [3.8, 4) is 0 Å². The first kappa shape index (κ1) is 21.9. The maximum Gasteiger partial charge on any atom is 0.330 e. The van der Waals surface area contributed by atoms with Crippen molar-refractivity contribution in [1.29, 1.82) is 0 Å². The summed E-state index contributed by atoms with van der Waals surface area (Å²) in [7, 11) is -1.50. The molecule has 3 saturated heterocycles. The molecular weight excluding hydrogens is 436 g/mol. The Bertz CT molecular complexity index is 1080. The minimum absolute atomic E-state index is 0.161. The fourth-order valence-corrected chi connectivity index (χ4v) is 7.13. The Labute approximate surface area is 186 Å². The molecule has 1 unspecified atom stereocenters. The number of aromatic amines is 1. The van der Waals surface area contributed by atoms with Crippen molar-refractivity contribution in [2.45, 2.75) is 69.4 Å². The van der Waals surface area contributed by atoms with E-state index in [0.29, 0.717) is 6.42 Å². The summed E-state index contributed by atoms with van der Waals surface area (Å²) in [5, 5.41) is 0. The lowest BCUT2D eigenvalue weighted by atomic mass is 9.87. The molecule has 3 aliphatic rings. The van der Waals surface area contributed by atoms with Crippen LogP contribution in [-0.2, 0) is 19.4 Å². The van der Waals surface area contributed by atoms with Crippen LogP contribution >= 0.6 is 8.53 Å². The van der Waals surface area contributed by atoms with E-state index in [0.717, 1.165) is 29.5 Å². The van der Waals surface area contributed by atoms with E-state index in [9.17, 15) is 9.59 Å². The predicted octanol–water partition coefficient (Wildman–Crippen LogP) is 3.20. The highest BCUT2D eigenvalue weighted by molar-refractivity contribution is 7.45. The van der Waals surface area contributed by atoms with Crippen molar-refractivity contribution >= 4 is 8.53 Å². The van der Waals surface area contributed by atoms with Crippen LogP contribution < -0.4 is 11.2 Å². The van der Waals surface area contributed by atoms with Crippen molar-refractivity contribution in [2.75, 3.05) is 6.54 Å². The minimum atomic E-state index is -1.58. The quantitative estimate of drug-likeness (QED) is 0.686. The maximum atomic E-state index is 15.6. The first-order chi connectivity index (χ1) is 15.4. The van der Waals surface area contributed by atoms with Crippen LogP contribution in [0, 0.1) is 0 Å². The van der Waals surface area contributed by atoms with E-state index in [4.69, 9.17) is 13.8 Å². The van der Waals surface area contributed by atoms with Crippen LogP contribution in [0.3, 0.4) is 0 Å². The van der Waals surface area contributed by atoms with Gasteiger partial charge in [0.15, 0.2) is 12.4 Å². The second-order valence-electron chi connectivity index (χ2n) is 8.63.